The summed E-state index contributed by atoms with van der Waals surface area (Å²) in [5.74, 6) is -0.833. The summed E-state index contributed by atoms with van der Waals surface area (Å²) in [6.07, 6.45) is 4.23. The van der Waals surface area contributed by atoms with Crippen LogP contribution in [0.5, 0.6) is 0 Å². The molecule has 0 saturated carbocycles. The van der Waals surface area contributed by atoms with Crippen molar-refractivity contribution >= 4 is 21.6 Å². The van der Waals surface area contributed by atoms with Crippen molar-refractivity contribution < 1.29 is 17.6 Å². The molecular formula is C16H18FN3O3S. The van der Waals surface area contributed by atoms with Crippen LogP contribution in [0.1, 0.15) is 12.0 Å². The summed E-state index contributed by atoms with van der Waals surface area (Å²) in [4.78, 5) is 15.8. The Morgan fingerprint density at radius 2 is 1.96 bits per heavy atom. The second-order valence-electron chi connectivity index (χ2n) is 5.20. The number of sulfonamides is 1. The molecule has 0 fully saturated rings. The number of nitrogens with zero attached hydrogens (tertiary/aromatic N) is 2. The number of benzene rings is 1. The van der Waals surface area contributed by atoms with Crippen LogP contribution in [-0.4, -0.2) is 32.1 Å². The monoisotopic (exact) mass is 351 g/mol. The SMILES string of the molecule is CS(=O)(=O)N(CCC(=O)NCc1ccncc1)c1cccc(F)c1. The molecule has 24 heavy (non-hydrogen) atoms. The van der Waals surface area contributed by atoms with E-state index in [-0.39, 0.29) is 24.6 Å². The van der Waals surface area contributed by atoms with Gasteiger partial charge in [0.25, 0.3) is 0 Å². The lowest BCUT2D eigenvalue weighted by Gasteiger charge is -2.22. The first-order valence-corrected chi connectivity index (χ1v) is 9.10. The minimum absolute atomic E-state index is 0.0331. The molecule has 0 bridgehead atoms. The Balaban J connectivity index is 1.97. The fraction of sp³-hybridized carbons (Fsp3) is 0.250. The summed E-state index contributed by atoms with van der Waals surface area (Å²) >= 11 is 0. The van der Waals surface area contributed by atoms with Gasteiger partial charge < -0.3 is 5.32 Å². The third-order valence-corrected chi connectivity index (χ3v) is 4.47. The molecule has 1 aromatic heterocycles. The van der Waals surface area contributed by atoms with Crippen LogP contribution in [0.25, 0.3) is 0 Å². The lowest BCUT2D eigenvalue weighted by molar-refractivity contribution is -0.121. The first-order valence-electron chi connectivity index (χ1n) is 7.25. The van der Waals surface area contributed by atoms with Gasteiger partial charge in [-0.15, -0.1) is 0 Å². The van der Waals surface area contributed by atoms with E-state index in [1.807, 2.05) is 0 Å². The number of anilines is 1. The summed E-state index contributed by atoms with van der Waals surface area (Å²) in [5.41, 5.74) is 1.09. The number of nitrogens with one attached hydrogen (secondary N) is 1. The zero-order chi connectivity index (χ0) is 17.6. The van der Waals surface area contributed by atoms with E-state index in [1.54, 1.807) is 24.5 Å². The summed E-state index contributed by atoms with van der Waals surface area (Å²) in [6.45, 7) is 0.269. The highest BCUT2D eigenvalue weighted by Crippen LogP contribution is 2.18. The maximum atomic E-state index is 13.3. The maximum Gasteiger partial charge on any atom is 0.232 e. The van der Waals surface area contributed by atoms with Gasteiger partial charge in [0.2, 0.25) is 15.9 Å². The smallest absolute Gasteiger partial charge is 0.232 e. The number of aromatic nitrogens is 1. The highest BCUT2D eigenvalue weighted by atomic mass is 32.2. The van der Waals surface area contributed by atoms with Crippen molar-refractivity contribution in [2.24, 2.45) is 0 Å². The van der Waals surface area contributed by atoms with Crippen LogP contribution in [0.2, 0.25) is 0 Å². The van der Waals surface area contributed by atoms with Crippen molar-refractivity contribution in [2.45, 2.75) is 13.0 Å². The van der Waals surface area contributed by atoms with Crippen molar-refractivity contribution in [3.63, 3.8) is 0 Å². The molecule has 6 nitrogen and oxygen atoms in total. The average molecular weight is 351 g/mol. The molecule has 1 aromatic carbocycles. The Morgan fingerprint density at radius 3 is 2.58 bits per heavy atom. The quantitative estimate of drug-likeness (QED) is 0.823. The Labute approximate surface area is 140 Å². The molecule has 0 aliphatic heterocycles. The number of halogens is 1. The van der Waals surface area contributed by atoms with Crippen LogP contribution < -0.4 is 9.62 Å². The first kappa shape index (κ1) is 17.9. The molecule has 0 aliphatic rings. The van der Waals surface area contributed by atoms with Crippen LogP contribution in [0.15, 0.2) is 48.8 Å². The highest BCUT2D eigenvalue weighted by Gasteiger charge is 2.19. The van der Waals surface area contributed by atoms with Crippen molar-refractivity contribution in [3.05, 3.63) is 60.2 Å². The van der Waals surface area contributed by atoms with Gasteiger partial charge in [0.15, 0.2) is 0 Å². The predicted molar refractivity (Wildman–Crippen MR) is 89.3 cm³/mol. The van der Waals surface area contributed by atoms with E-state index in [2.05, 4.69) is 10.3 Å². The molecule has 128 valence electrons. The molecule has 2 aromatic rings. The van der Waals surface area contributed by atoms with Gasteiger partial charge in [0.1, 0.15) is 5.82 Å². The van der Waals surface area contributed by atoms with Crippen LogP contribution in [0, 0.1) is 5.82 Å². The van der Waals surface area contributed by atoms with E-state index in [0.717, 1.165) is 22.2 Å². The maximum absolute atomic E-state index is 13.3. The van der Waals surface area contributed by atoms with Crippen LogP contribution in [0.4, 0.5) is 10.1 Å². The zero-order valence-corrected chi connectivity index (χ0v) is 14.0. The summed E-state index contributed by atoms with van der Waals surface area (Å²) < 4.78 is 38.1. The Kier molecular flexibility index (Phi) is 5.86. The van der Waals surface area contributed by atoms with Crippen molar-refractivity contribution in [1.29, 1.82) is 0 Å². The van der Waals surface area contributed by atoms with E-state index in [1.165, 1.54) is 18.2 Å². The van der Waals surface area contributed by atoms with E-state index < -0.39 is 15.8 Å². The fourth-order valence-corrected chi connectivity index (χ4v) is 3.03. The third-order valence-electron chi connectivity index (χ3n) is 3.28. The van der Waals surface area contributed by atoms with E-state index in [9.17, 15) is 17.6 Å². The molecule has 0 radical (unpaired) electrons. The standard InChI is InChI=1S/C16H18FN3O3S/c1-24(22,23)20(15-4-2-3-14(17)11-15)10-7-16(21)19-12-13-5-8-18-9-6-13/h2-6,8-9,11H,7,10,12H2,1H3,(H,19,21). The van der Waals surface area contributed by atoms with E-state index in [0.29, 0.717) is 6.54 Å². The van der Waals surface area contributed by atoms with Crippen LogP contribution in [-0.2, 0) is 21.4 Å². The average Bonchev–Trinajstić information content (AvgIpc) is 2.53. The number of carbonyl (C=O) groups excluding carboxylic acids is 1. The Bertz CT molecular complexity index is 797. The number of hydrogen-bond donors (Lipinski definition) is 1. The van der Waals surface area contributed by atoms with Gasteiger partial charge >= 0.3 is 0 Å². The molecule has 1 N–H and O–H groups in total. The minimum atomic E-state index is -3.62. The van der Waals surface area contributed by atoms with Gasteiger partial charge in [-0.1, -0.05) is 6.07 Å². The first-order chi connectivity index (χ1) is 11.4. The molecule has 0 aliphatic carbocycles. The van der Waals surface area contributed by atoms with E-state index >= 15 is 0 Å². The third kappa shape index (κ3) is 5.31. The molecule has 0 unspecified atom stereocenters. The van der Waals surface area contributed by atoms with Crippen LogP contribution >= 0.6 is 0 Å². The second kappa shape index (κ2) is 7.87. The van der Waals surface area contributed by atoms with Crippen molar-refractivity contribution in [1.82, 2.24) is 10.3 Å². The van der Waals surface area contributed by atoms with E-state index in [4.69, 9.17) is 0 Å². The molecule has 2 rings (SSSR count). The fourth-order valence-electron chi connectivity index (χ4n) is 2.11. The molecule has 1 heterocycles. The van der Waals surface area contributed by atoms with Gasteiger partial charge in [0, 0.05) is 31.9 Å². The largest absolute Gasteiger partial charge is 0.352 e. The number of rotatable bonds is 7. The molecule has 0 spiro atoms. The number of amides is 1. The second-order valence-corrected chi connectivity index (χ2v) is 7.10. The Hall–Kier alpha value is -2.48. The van der Waals surface area contributed by atoms with Gasteiger partial charge in [-0.25, -0.2) is 12.8 Å². The van der Waals surface area contributed by atoms with Crippen molar-refractivity contribution in [2.75, 3.05) is 17.1 Å². The topological polar surface area (TPSA) is 79.4 Å². The normalized spacial score (nSPS) is 11.1. The zero-order valence-electron chi connectivity index (χ0n) is 13.1. The lowest BCUT2D eigenvalue weighted by atomic mass is 10.2. The van der Waals surface area contributed by atoms with Gasteiger partial charge in [-0.3, -0.25) is 14.1 Å². The molecule has 0 atom stereocenters. The minimum Gasteiger partial charge on any atom is -0.352 e. The molecule has 1 amide bonds. The summed E-state index contributed by atoms with van der Waals surface area (Å²) in [5, 5.41) is 2.71. The number of hydrogen-bond acceptors (Lipinski definition) is 4. The summed E-state index contributed by atoms with van der Waals surface area (Å²) in [6, 6.07) is 8.80. The van der Waals surface area contributed by atoms with Gasteiger partial charge in [0.05, 0.1) is 11.9 Å². The number of pyridine rings is 1. The Morgan fingerprint density at radius 1 is 1.25 bits per heavy atom. The molecule has 8 heteroatoms. The van der Waals surface area contributed by atoms with Gasteiger partial charge in [-0.05, 0) is 35.9 Å². The van der Waals surface area contributed by atoms with Crippen LogP contribution in [0.3, 0.4) is 0 Å². The lowest BCUT2D eigenvalue weighted by Crippen LogP contribution is -2.34. The van der Waals surface area contributed by atoms with Gasteiger partial charge in [-0.2, -0.15) is 0 Å². The number of carbonyl (C=O) groups is 1. The van der Waals surface area contributed by atoms with Crippen molar-refractivity contribution in [3.8, 4) is 0 Å². The molecular weight excluding hydrogens is 333 g/mol. The summed E-state index contributed by atoms with van der Waals surface area (Å²) in [7, 11) is -3.62. The highest BCUT2D eigenvalue weighted by molar-refractivity contribution is 7.92. The molecule has 0 saturated heterocycles. The predicted octanol–water partition coefficient (Wildman–Crippen LogP) is 1.69.